The van der Waals surface area contributed by atoms with Crippen molar-refractivity contribution in [1.29, 1.82) is 0 Å². The second-order valence-electron chi connectivity index (χ2n) is 5.59. The topological polar surface area (TPSA) is 141 Å². The zero-order valence-corrected chi connectivity index (χ0v) is 15.2. The molecule has 0 atom stereocenters. The molecule has 10 nitrogen and oxygen atoms in total. The van der Waals surface area contributed by atoms with Crippen molar-refractivity contribution in [1.82, 2.24) is 5.43 Å². The number of amides is 1. The fraction of sp³-hybridized carbons (Fsp3) is 0. The van der Waals surface area contributed by atoms with Crippen LogP contribution in [0.25, 0.3) is 11.3 Å². The van der Waals surface area contributed by atoms with E-state index < -0.39 is 15.8 Å². The van der Waals surface area contributed by atoms with Crippen LogP contribution in [0, 0.1) is 20.2 Å². The lowest BCUT2D eigenvalue weighted by Crippen LogP contribution is -2.18. The largest absolute Gasteiger partial charge is 0.455 e. The average Bonchev–Trinajstić information content (AvgIpc) is 3.16. The van der Waals surface area contributed by atoms with E-state index in [1.807, 2.05) is 0 Å². The summed E-state index contributed by atoms with van der Waals surface area (Å²) < 4.78 is 5.49. The van der Waals surface area contributed by atoms with Gasteiger partial charge in [-0.25, -0.2) is 5.43 Å². The summed E-state index contributed by atoms with van der Waals surface area (Å²) in [7, 11) is 0. The van der Waals surface area contributed by atoms with Crippen LogP contribution in [0.4, 0.5) is 11.4 Å². The number of hydrazone groups is 1. The van der Waals surface area contributed by atoms with Gasteiger partial charge in [0.2, 0.25) is 0 Å². The van der Waals surface area contributed by atoms with Crippen LogP contribution >= 0.6 is 11.6 Å². The van der Waals surface area contributed by atoms with Crippen LogP contribution in [0.2, 0.25) is 5.02 Å². The number of nitrogens with zero attached hydrogens (tertiary/aromatic N) is 3. The Morgan fingerprint density at radius 2 is 1.76 bits per heavy atom. The van der Waals surface area contributed by atoms with Crippen LogP contribution < -0.4 is 5.43 Å². The number of nitro groups is 2. The highest BCUT2D eigenvalue weighted by molar-refractivity contribution is 6.30. The normalized spacial score (nSPS) is 10.8. The number of hydrogen-bond acceptors (Lipinski definition) is 7. The van der Waals surface area contributed by atoms with Crippen LogP contribution in [-0.4, -0.2) is 22.0 Å². The highest BCUT2D eigenvalue weighted by Crippen LogP contribution is 2.33. The molecule has 0 radical (unpaired) electrons. The first-order chi connectivity index (χ1) is 13.9. The van der Waals surface area contributed by atoms with Gasteiger partial charge in [0.05, 0.1) is 21.6 Å². The summed E-state index contributed by atoms with van der Waals surface area (Å²) in [5.74, 6) is -0.361. The Labute approximate surface area is 167 Å². The predicted octanol–water partition coefficient (Wildman–Crippen LogP) is 4.18. The fourth-order valence-corrected chi connectivity index (χ4v) is 2.64. The van der Waals surface area contributed by atoms with E-state index in [1.54, 1.807) is 0 Å². The summed E-state index contributed by atoms with van der Waals surface area (Å²) >= 11 is 5.79. The molecule has 0 spiro atoms. The highest BCUT2D eigenvalue weighted by atomic mass is 35.5. The zero-order valence-electron chi connectivity index (χ0n) is 14.4. The molecule has 0 saturated carbocycles. The van der Waals surface area contributed by atoms with E-state index >= 15 is 0 Å². The SMILES string of the molecule is O=C(N/N=C\c1ccc(-c2ccc(Cl)cc2[N+](=O)[O-])o1)c1ccccc1[N+](=O)[O-]. The molecule has 1 N–H and O–H groups in total. The molecule has 3 rings (SSSR count). The Balaban J connectivity index is 1.76. The monoisotopic (exact) mass is 414 g/mol. The third kappa shape index (κ3) is 4.45. The van der Waals surface area contributed by atoms with Crippen LogP contribution in [0.15, 0.2) is 64.1 Å². The van der Waals surface area contributed by atoms with E-state index in [0.29, 0.717) is 0 Å². The van der Waals surface area contributed by atoms with Gasteiger partial charge in [0.15, 0.2) is 0 Å². The quantitative estimate of drug-likeness (QED) is 0.364. The molecular weight excluding hydrogens is 404 g/mol. The average molecular weight is 415 g/mol. The molecule has 0 aliphatic rings. The van der Waals surface area contributed by atoms with Crippen LogP contribution in [0.5, 0.6) is 0 Å². The molecule has 146 valence electrons. The number of nitro benzene ring substituents is 2. The first-order valence-electron chi connectivity index (χ1n) is 7.98. The molecule has 1 amide bonds. The number of carbonyl (C=O) groups is 1. The number of rotatable bonds is 6. The first kappa shape index (κ1) is 19.7. The van der Waals surface area contributed by atoms with Crippen molar-refractivity contribution in [3.63, 3.8) is 0 Å². The minimum absolute atomic E-state index is 0.147. The third-order valence-corrected chi connectivity index (χ3v) is 3.99. The van der Waals surface area contributed by atoms with Crippen molar-refractivity contribution in [3.05, 3.63) is 91.2 Å². The van der Waals surface area contributed by atoms with Crippen molar-refractivity contribution in [2.24, 2.45) is 5.10 Å². The van der Waals surface area contributed by atoms with E-state index in [9.17, 15) is 25.0 Å². The molecule has 0 saturated heterocycles. The van der Waals surface area contributed by atoms with E-state index in [4.69, 9.17) is 16.0 Å². The molecule has 0 aliphatic carbocycles. The molecule has 3 aromatic rings. The van der Waals surface area contributed by atoms with Crippen LogP contribution in [-0.2, 0) is 0 Å². The molecular formula is C18H11ClN4O6. The number of carbonyl (C=O) groups excluding carboxylic acids is 1. The summed E-state index contributed by atoms with van der Waals surface area (Å²) in [6.45, 7) is 0. The van der Waals surface area contributed by atoms with E-state index in [1.165, 1.54) is 54.6 Å². The standard InChI is InChI=1S/C18H11ClN4O6/c19-11-5-7-13(16(9-11)23(27)28)17-8-6-12(29-17)10-20-21-18(24)14-3-1-2-4-15(14)22(25)26/h1-10H,(H,21,24)/b20-10-. The minimum atomic E-state index is -0.770. The Bertz CT molecular complexity index is 1140. The van der Waals surface area contributed by atoms with Crippen LogP contribution in [0.1, 0.15) is 16.1 Å². The predicted molar refractivity (Wildman–Crippen MR) is 104 cm³/mol. The maximum absolute atomic E-state index is 12.1. The molecule has 0 aliphatic heterocycles. The maximum Gasteiger partial charge on any atom is 0.282 e. The molecule has 1 heterocycles. The lowest BCUT2D eigenvalue weighted by atomic mass is 10.1. The smallest absolute Gasteiger partial charge is 0.282 e. The van der Waals surface area contributed by atoms with Gasteiger partial charge in [-0.3, -0.25) is 25.0 Å². The highest BCUT2D eigenvalue weighted by Gasteiger charge is 2.20. The first-order valence-corrected chi connectivity index (χ1v) is 8.35. The number of benzene rings is 2. The van der Waals surface area contributed by atoms with Crippen molar-refractivity contribution >= 4 is 35.1 Å². The summed E-state index contributed by atoms with van der Waals surface area (Å²) in [6, 6.07) is 12.6. The van der Waals surface area contributed by atoms with Gasteiger partial charge in [0, 0.05) is 17.2 Å². The van der Waals surface area contributed by atoms with Crippen molar-refractivity contribution < 1.29 is 19.1 Å². The summed E-state index contributed by atoms with van der Waals surface area (Å²) in [4.78, 5) is 33.0. The molecule has 0 bridgehead atoms. The van der Waals surface area contributed by atoms with E-state index in [2.05, 4.69) is 10.5 Å². The second-order valence-corrected chi connectivity index (χ2v) is 6.03. The van der Waals surface area contributed by atoms with Gasteiger partial charge < -0.3 is 4.42 Å². The van der Waals surface area contributed by atoms with Gasteiger partial charge in [-0.2, -0.15) is 5.10 Å². The van der Waals surface area contributed by atoms with Crippen LogP contribution in [0.3, 0.4) is 0 Å². The van der Waals surface area contributed by atoms with Crippen molar-refractivity contribution in [2.45, 2.75) is 0 Å². The maximum atomic E-state index is 12.1. The molecule has 29 heavy (non-hydrogen) atoms. The zero-order chi connectivity index (χ0) is 21.0. The lowest BCUT2D eigenvalue weighted by molar-refractivity contribution is -0.385. The summed E-state index contributed by atoms with van der Waals surface area (Å²) in [5, 5.41) is 26.1. The Hall–Kier alpha value is -4.05. The molecule has 1 aromatic heterocycles. The minimum Gasteiger partial charge on any atom is -0.455 e. The second kappa shape index (κ2) is 8.31. The number of hydrogen-bond donors (Lipinski definition) is 1. The molecule has 0 unspecified atom stereocenters. The van der Waals surface area contributed by atoms with Crippen molar-refractivity contribution in [2.75, 3.05) is 0 Å². The molecule has 0 fully saturated rings. The molecule has 2 aromatic carbocycles. The Morgan fingerprint density at radius 1 is 1.03 bits per heavy atom. The number of nitrogens with one attached hydrogen (secondary N) is 1. The van der Waals surface area contributed by atoms with Gasteiger partial charge in [-0.05, 0) is 30.3 Å². The van der Waals surface area contributed by atoms with E-state index in [0.717, 1.165) is 6.21 Å². The van der Waals surface area contributed by atoms with Gasteiger partial charge in [-0.15, -0.1) is 0 Å². The molecule has 11 heteroatoms. The number of para-hydroxylation sites is 1. The van der Waals surface area contributed by atoms with Gasteiger partial charge in [0.1, 0.15) is 17.1 Å². The third-order valence-electron chi connectivity index (χ3n) is 3.75. The Morgan fingerprint density at radius 3 is 2.48 bits per heavy atom. The summed E-state index contributed by atoms with van der Waals surface area (Å²) in [6.07, 6.45) is 1.16. The Kier molecular flexibility index (Phi) is 5.65. The van der Waals surface area contributed by atoms with Crippen molar-refractivity contribution in [3.8, 4) is 11.3 Å². The van der Waals surface area contributed by atoms with Gasteiger partial charge >= 0.3 is 0 Å². The van der Waals surface area contributed by atoms with Gasteiger partial charge in [0.25, 0.3) is 17.3 Å². The lowest BCUT2D eigenvalue weighted by Gasteiger charge is -2.01. The number of furan rings is 1. The van der Waals surface area contributed by atoms with Gasteiger partial charge in [-0.1, -0.05) is 23.7 Å². The van der Waals surface area contributed by atoms with E-state index in [-0.39, 0.29) is 39.0 Å². The number of halogens is 1. The summed E-state index contributed by atoms with van der Waals surface area (Å²) in [5.41, 5.74) is 1.67. The fourth-order valence-electron chi connectivity index (χ4n) is 2.47.